The summed E-state index contributed by atoms with van der Waals surface area (Å²) in [6.07, 6.45) is 6.90. The zero-order valence-corrected chi connectivity index (χ0v) is 13.9. The van der Waals surface area contributed by atoms with Gasteiger partial charge in [0.15, 0.2) is 11.0 Å². The molecule has 0 unspecified atom stereocenters. The zero-order valence-electron chi connectivity index (χ0n) is 13.1. The van der Waals surface area contributed by atoms with Gasteiger partial charge in [-0.3, -0.25) is 4.57 Å². The van der Waals surface area contributed by atoms with Gasteiger partial charge in [-0.15, -0.1) is 10.2 Å². The third kappa shape index (κ3) is 2.81. The SMILES string of the molecule is Cc1occc1-c1nnc(SC2CCCC2)n1-c1ccccc1. The summed E-state index contributed by atoms with van der Waals surface area (Å²) in [7, 11) is 0. The van der Waals surface area contributed by atoms with Crippen LogP contribution >= 0.6 is 11.8 Å². The maximum absolute atomic E-state index is 5.46. The Balaban J connectivity index is 1.80. The van der Waals surface area contributed by atoms with Crippen LogP contribution in [0.4, 0.5) is 0 Å². The van der Waals surface area contributed by atoms with Gasteiger partial charge in [-0.05, 0) is 38.0 Å². The molecule has 1 aliphatic carbocycles. The van der Waals surface area contributed by atoms with Crippen molar-refractivity contribution in [3.8, 4) is 17.1 Å². The highest BCUT2D eigenvalue weighted by molar-refractivity contribution is 7.99. The number of aryl methyl sites for hydroxylation is 1. The standard InChI is InChI=1S/C18H19N3OS/c1-13-16(11-12-22-13)17-19-20-18(23-15-9-5-6-10-15)21(17)14-7-3-2-4-8-14/h2-4,7-8,11-12,15H,5-6,9-10H2,1H3. The van der Waals surface area contributed by atoms with Gasteiger partial charge in [-0.25, -0.2) is 0 Å². The van der Waals surface area contributed by atoms with Crippen molar-refractivity contribution in [1.29, 1.82) is 0 Å². The van der Waals surface area contributed by atoms with Crippen LogP contribution in [0.25, 0.3) is 17.1 Å². The predicted octanol–water partition coefficient (Wildman–Crippen LogP) is 4.87. The Morgan fingerprint density at radius 2 is 1.87 bits per heavy atom. The van der Waals surface area contributed by atoms with Crippen molar-refractivity contribution in [3.63, 3.8) is 0 Å². The normalized spacial score (nSPS) is 15.3. The first-order chi connectivity index (χ1) is 11.3. The second kappa shape index (κ2) is 6.24. The van der Waals surface area contributed by atoms with Crippen LogP contribution in [0.3, 0.4) is 0 Å². The molecule has 2 heterocycles. The lowest BCUT2D eigenvalue weighted by Gasteiger charge is -2.12. The van der Waals surface area contributed by atoms with E-state index in [0.717, 1.165) is 28.0 Å². The third-order valence-electron chi connectivity index (χ3n) is 4.32. The Morgan fingerprint density at radius 3 is 2.57 bits per heavy atom. The fraction of sp³-hybridized carbons (Fsp3) is 0.333. The van der Waals surface area contributed by atoms with Crippen molar-refractivity contribution in [2.75, 3.05) is 0 Å². The van der Waals surface area contributed by atoms with E-state index in [1.54, 1.807) is 6.26 Å². The summed E-state index contributed by atoms with van der Waals surface area (Å²) in [4.78, 5) is 0. The highest BCUT2D eigenvalue weighted by atomic mass is 32.2. The van der Waals surface area contributed by atoms with Gasteiger partial charge >= 0.3 is 0 Å². The van der Waals surface area contributed by atoms with Crippen LogP contribution in [-0.4, -0.2) is 20.0 Å². The number of para-hydroxylation sites is 1. The number of rotatable bonds is 4. The Labute approximate surface area is 139 Å². The molecule has 118 valence electrons. The van der Waals surface area contributed by atoms with Gasteiger partial charge in [0.05, 0.1) is 11.8 Å². The number of benzene rings is 1. The molecule has 0 saturated heterocycles. The molecule has 0 atom stereocenters. The van der Waals surface area contributed by atoms with Crippen molar-refractivity contribution >= 4 is 11.8 Å². The minimum absolute atomic E-state index is 0.653. The van der Waals surface area contributed by atoms with Crippen molar-refractivity contribution in [3.05, 3.63) is 48.4 Å². The fourth-order valence-electron chi connectivity index (χ4n) is 3.10. The summed E-state index contributed by atoms with van der Waals surface area (Å²) in [5.74, 6) is 1.72. The quantitative estimate of drug-likeness (QED) is 0.686. The lowest BCUT2D eigenvalue weighted by atomic mass is 10.2. The van der Waals surface area contributed by atoms with E-state index >= 15 is 0 Å². The smallest absolute Gasteiger partial charge is 0.196 e. The second-order valence-electron chi connectivity index (χ2n) is 5.89. The van der Waals surface area contributed by atoms with Gasteiger partial charge in [-0.2, -0.15) is 0 Å². The summed E-state index contributed by atoms with van der Waals surface area (Å²) in [6.45, 7) is 1.96. The van der Waals surface area contributed by atoms with Crippen molar-refractivity contribution in [1.82, 2.24) is 14.8 Å². The van der Waals surface area contributed by atoms with E-state index in [1.807, 2.05) is 43.0 Å². The monoisotopic (exact) mass is 325 g/mol. The Morgan fingerprint density at radius 1 is 1.09 bits per heavy atom. The molecule has 1 aliphatic rings. The number of hydrogen-bond donors (Lipinski definition) is 0. The summed E-state index contributed by atoms with van der Waals surface area (Å²) in [5.41, 5.74) is 2.09. The van der Waals surface area contributed by atoms with Gasteiger partial charge < -0.3 is 4.42 Å². The predicted molar refractivity (Wildman–Crippen MR) is 91.9 cm³/mol. The summed E-state index contributed by atoms with van der Waals surface area (Å²) >= 11 is 1.86. The van der Waals surface area contributed by atoms with Crippen LogP contribution in [-0.2, 0) is 0 Å². The zero-order chi connectivity index (χ0) is 15.6. The van der Waals surface area contributed by atoms with E-state index < -0.39 is 0 Å². The topological polar surface area (TPSA) is 43.9 Å². The number of furan rings is 1. The number of thioether (sulfide) groups is 1. The Bertz CT molecular complexity index is 788. The largest absolute Gasteiger partial charge is 0.469 e. The first kappa shape index (κ1) is 14.6. The van der Waals surface area contributed by atoms with Gasteiger partial charge in [0, 0.05) is 10.9 Å². The molecule has 2 aromatic heterocycles. The first-order valence-corrected chi connectivity index (χ1v) is 8.93. The van der Waals surface area contributed by atoms with Gasteiger partial charge in [0.1, 0.15) is 5.76 Å². The summed E-state index contributed by atoms with van der Waals surface area (Å²) in [6, 6.07) is 12.3. The molecular formula is C18H19N3OS. The maximum atomic E-state index is 5.46. The molecule has 1 fully saturated rings. The number of hydrogen-bond acceptors (Lipinski definition) is 4. The summed E-state index contributed by atoms with van der Waals surface area (Å²) in [5, 5.41) is 10.6. The van der Waals surface area contributed by atoms with Crippen LogP contribution < -0.4 is 0 Å². The van der Waals surface area contributed by atoms with E-state index in [9.17, 15) is 0 Å². The second-order valence-corrected chi connectivity index (χ2v) is 7.16. The van der Waals surface area contributed by atoms with Crippen LogP contribution in [0.2, 0.25) is 0 Å². The van der Waals surface area contributed by atoms with Gasteiger partial charge in [0.25, 0.3) is 0 Å². The molecule has 1 aromatic carbocycles. The van der Waals surface area contributed by atoms with Crippen molar-refractivity contribution < 1.29 is 4.42 Å². The molecule has 0 bridgehead atoms. The van der Waals surface area contributed by atoms with Crippen LogP contribution in [0, 0.1) is 6.92 Å². The number of nitrogens with zero attached hydrogens (tertiary/aromatic N) is 3. The highest BCUT2D eigenvalue weighted by Gasteiger charge is 2.23. The molecule has 1 saturated carbocycles. The minimum atomic E-state index is 0.653. The molecule has 0 aliphatic heterocycles. The van der Waals surface area contributed by atoms with Crippen LogP contribution in [0.1, 0.15) is 31.4 Å². The average molecular weight is 325 g/mol. The van der Waals surface area contributed by atoms with E-state index in [4.69, 9.17) is 4.42 Å². The first-order valence-electron chi connectivity index (χ1n) is 8.05. The van der Waals surface area contributed by atoms with E-state index in [1.165, 1.54) is 25.7 Å². The fourth-order valence-corrected chi connectivity index (χ4v) is 4.36. The lowest BCUT2D eigenvalue weighted by Crippen LogP contribution is -2.02. The molecule has 0 spiro atoms. The summed E-state index contributed by atoms with van der Waals surface area (Å²) < 4.78 is 7.62. The average Bonchev–Trinajstić information content (AvgIpc) is 3.30. The highest BCUT2D eigenvalue weighted by Crippen LogP contribution is 2.37. The number of aromatic nitrogens is 3. The molecule has 0 radical (unpaired) electrons. The molecule has 0 amide bonds. The van der Waals surface area contributed by atoms with Crippen molar-refractivity contribution in [2.24, 2.45) is 0 Å². The molecule has 23 heavy (non-hydrogen) atoms. The van der Waals surface area contributed by atoms with Gasteiger partial charge in [-0.1, -0.05) is 42.8 Å². The Hall–Kier alpha value is -2.01. The molecule has 4 nitrogen and oxygen atoms in total. The molecule has 3 aromatic rings. The van der Waals surface area contributed by atoms with E-state index in [0.29, 0.717) is 5.25 Å². The van der Waals surface area contributed by atoms with Gasteiger partial charge in [0.2, 0.25) is 0 Å². The third-order valence-corrected chi connectivity index (χ3v) is 5.60. The molecule has 5 heteroatoms. The van der Waals surface area contributed by atoms with E-state index in [2.05, 4.69) is 26.9 Å². The molecular weight excluding hydrogens is 306 g/mol. The van der Waals surface area contributed by atoms with E-state index in [-0.39, 0.29) is 0 Å². The molecule has 0 N–H and O–H groups in total. The Kier molecular flexibility index (Phi) is 3.95. The molecule has 4 rings (SSSR count). The van der Waals surface area contributed by atoms with Crippen molar-refractivity contribution in [2.45, 2.75) is 43.0 Å². The minimum Gasteiger partial charge on any atom is -0.469 e. The maximum Gasteiger partial charge on any atom is 0.196 e. The van der Waals surface area contributed by atoms with Crippen LogP contribution in [0.5, 0.6) is 0 Å². The lowest BCUT2D eigenvalue weighted by molar-refractivity contribution is 0.535. The van der Waals surface area contributed by atoms with Crippen LogP contribution in [0.15, 0.2) is 52.2 Å².